The lowest BCUT2D eigenvalue weighted by Gasteiger charge is -2.21. The summed E-state index contributed by atoms with van der Waals surface area (Å²) in [6.07, 6.45) is 1.67. The zero-order chi connectivity index (χ0) is 14.0. The molecule has 0 radical (unpaired) electrons. The topological polar surface area (TPSA) is 72.8 Å². The summed E-state index contributed by atoms with van der Waals surface area (Å²) in [5.74, 6) is 0.270. The molecule has 0 saturated heterocycles. The lowest BCUT2D eigenvalue weighted by Crippen LogP contribution is -2.14. The van der Waals surface area contributed by atoms with E-state index in [-0.39, 0.29) is 16.1 Å². The standard InChI is InChI=1S/C11H16O5S2/c1-11(2,3)9-6-5-8(18(12,13)14)7-10(9)15-16-17-4/h5-7H,1-4H3,(H,12,13,14). The number of hydrogen-bond acceptors (Lipinski definition) is 5. The molecule has 5 nitrogen and oxygen atoms in total. The summed E-state index contributed by atoms with van der Waals surface area (Å²) < 4.78 is 35.9. The van der Waals surface area contributed by atoms with Gasteiger partial charge in [0.05, 0.1) is 4.90 Å². The lowest BCUT2D eigenvalue weighted by atomic mass is 9.86. The minimum Gasteiger partial charge on any atom is -0.325 e. The van der Waals surface area contributed by atoms with Gasteiger partial charge in [-0.25, -0.2) is 0 Å². The summed E-state index contributed by atoms with van der Waals surface area (Å²) >= 11 is 0.995. The van der Waals surface area contributed by atoms with Crippen LogP contribution in [-0.4, -0.2) is 19.2 Å². The Bertz CT molecular complexity index is 517. The predicted molar refractivity (Wildman–Crippen MR) is 70.2 cm³/mol. The Morgan fingerprint density at radius 3 is 2.33 bits per heavy atom. The molecule has 0 amide bonds. The molecular weight excluding hydrogens is 276 g/mol. The molecule has 0 fully saturated rings. The van der Waals surface area contributed by atoms with Gasteiger partial charge in [-0.2, -0.15) is 8.42 Å². The first-order valence-electron chi connectivity index (χ1n) is 5.15. The summed E-state index contributed by atoms with van der Waals surface area (Å²) in [6.45, 7) is 5.88. The second-order valence-electron chi connectivity index (χ2n) is 4.70. The molecule has 18 heavy (non-hydrogen) atoms. The van der Waals surface area contributed by atoms with Crippen molar-refractivity contribution in [2.24, 2.45) is 0 Å². The normalized spacial score (nSPS) is 12.5. The zero-order valence-electron chi connectivity index (χ0n) is 10.6. The highest BCUT2D eigenvalue weighted by Crippen LogP contribution is 2.33. The molecule has 0 aromatic heterocycles. The highest BCUT2D eigenvalue weighted by molar-refractivity contribution is 7.93. The molecule has 0 saturated carbocycles. The van der Waals surface area contributed by atoms with Crippen molar-refractivity contribution in [3.63, 3.8) is 0 Å². The first kappa shape index (κ1) is 15.3. The van der Waals surface area contributed by atoms with Crippen molar-refractivity contribution in [1.29, 1.82) is 0 Å². The average Bonchev–Trinajstić information content (AvgIpc) is 2.23. The van der Waals surface area contributed by atoms with Gasteiger partial charge in [0, 0.05) is 29.9 Å². The Kier molecular flexibility index (Phi) is 4.66. The van der Waals surface area contributed by atoms with E-state index >= 15 is 0 Å². The molecule has 1 N–H and O–H groups in total. The second-order valence-corrected chi connectivity index (χ2v) is 6.59. The minimum atomic E-state index is -4.25. The van der Waals surface area contributed by atoms with Crippen LogP contribution in [0, 0.1) is 0 Å². The van der Waals surface area contributed by atoms with Gasteiger partial charge in [0.2, 0.25) is 0 Å². The van der Waals surface area contributed by atoms with Gasteiger partial charge < -0.3 is 4.89 Å². The third-order valence-electron chi connectivity index (χ3n) is 2.25. The van der Waals surface area contributed by atoms with Crippen LogP contribution in [0.25, 0.3) is 0 Å². The van der Waals surface area contributed by atoms with E-state index in [1.54, 1.807) is 12.3 Å². The lowest BCUT2D eigenvalue weighted by molar-refractivity contribution is -0.0788. The molecule has 0 spiro atoms. The molecule has 0 unspecified atom stereocenters. The van der Waals surface area contributed by atoms with E-state index in [1.807, 2.05) is 20.8 Å². The van der Waals surface area contributed by atoms with E-state index in [0.717, 1.165) is 17.6 Å². The molecule has 102 valence electrons. The molecule has 0 atom stereocenters. The third kappa shape index (κ3) is 3.88. The van der Waals surface area contributed by atoms with Crippen LogP contribution >= 0.6 is 12.0 Å². The van der Waals surface area contributed by atoms with Gasteiger partial charge in [-0.15, -0.1) is 4.33 Å². The van der Waals surface area contributed by atoms with Gasteiger partial charge in [0.25, 0.3) is 10.1 Å². The summed E-state index contributed by atoms with van der Waals surface area (Å²) in [4.78, 5) is 4.81. The van der Waals surface area contributed by atoms with E-state index in [9.17, 15) is 8.42 Å². The first-order chi connectivity index (χ1) is 8.16. The molecule has 1 aromatic rings. The van der Waals surface area contributed by atoms with E-state index in [4.69, 9.17) is 13.8 Å². The molecule has 0 aliphatic heterocycles. The van der Waals surface area contributed by atoms with Crippen LogP contribution in [0.15, 0.2) is 23.1 Å². The smallest absolute Gasteiger partial charge is 0.294 e. The molecule has 1 rings (SSSR count). The van der Waals surface area contributed by atoms with Crippen molar-refractivity contribution in [1.82, 2.24) is 0 Å². The van der Waals surface area contributed by atoms with Crippen molar-refractivity contribution in [2.75, 3.05) is 6.26 Å². The number of benzene rings is 1. The maximum absolute atomic E-state index is 11.1. The van der Waals surface area contributed by atoms with Crippen molar-refractivity contribution < 1.29 is 22.2 Å². The Morgan fingerprint density at radius 2 is 1.89 bits per heavy atom. The molecule has 7 heteroatoms. The largest absolute Gasteiger partial charge is 0.325 e. The summed E-state index contributed by atoms with van der Waals surface area (Å²) in [5.41, 5.74) is 0.540. The van der Waals surface area contributed by atoms with E-state index in [2.05, 4.69) is 0 Å². The van der Waals surface area contributed by atoms with Crippen LogP contribution in [-0.2, 0) is 19.9 Å². The van der Waals surface area contributed by atoms with Gasteiger partial charge in [-0.05, 0) is 11.5 Å². The summed E-state index contributed by atoms with van der Waals surface area (Å²) in [6, 6.07) is 4.18. The fraction of sp³-hybridized carbons (Fsp3) is 0.455. The molecule has 0 bridgehead atoms. The van der Waals surface area contributed by atoms with Crippen molar-refractivity contribution in [3.05, 3.63) is 23.8 Å². The summed E-state index contributed by atoms with van der Waals surface area (Å²) in [5, 5.41) is 0. The maximum atomic E-state index is 11.1. The van der Waals surface area contributed by atoms with Crippen LogP contribution < -0.4 is 4.89 Å². The minimum absolute atomic E-state index is 0.227. The third-order valence-corrected chi connectivity index (χ3v) is 3.30. The maximum Gasteiger partial charge on any atom is 0.294 e. The van der Waals surface area contributed by atoms with Gasteiger partial charge in [-0.1, -0.05) is 26.8 Å². The van der Waals surface area contributed by atoms with Crippen molar-refractivity contribution >= 4 is 22.2 Å². The van der Waals surface area contributed by atoms with Crippen LogP contribution in [0.3, 0.4) is 0 Å². The van der Waals surface area contributed by atoms with Crippen molar-refractivity contribution in [2.45, 2.75) is 31.1 Å². The van der Waals surface area contributed by atoms with Gasteiger partial charge >= 0.3 is 0 Å². The highest BCUT2D eigenvalue weighted by Gasteiger charge is 2.22. The van der Waals surface area contributed by atoms with Crippen molar-refractivity contribution in [3.8, 4) is 5.75 Å². The van der Waals surface area contributed by atoms with E-state index in [1.165, 1.54) is 12.1 Å². The number of rotatable bonds is 4. The van der Waals surface area contributed by atoms with Crippen LogP contribution in [0.5, 0.6) is 5.75 Å². The van der Waals surface area contributed by atoms with Gasteiger partial charge in [0.15, 0.2) is 5.75 Å². The Hall–Kier alpha value is -0.760. The van der Waals surface area contributed by atoms with E-state index in [0.29, 0.717) is 0 Å². The second kappa shape index (κ2) is 5.48. The van der Waals surface area contributed by atoms with Gasteiger partial charge in [0.1, 0.15) is 0 Å². The molecular formula is C11H16O5S2. The molecule has 0 aliphatic carbocycles. The first-order valence-corrected chi connectivity index (χ1v) is 7.74. The number of hydrogen-bond donors (Lipinski definition) is 1. The van der Waals surface area contributed by atoms with E-state index < -0.39 is 10.1 Å². The quantitative estimate of drug-likeness (QED) is 0.398. The Balaban J connectivity index is 3.29. The van der Waals surface area contributed by atoms with Gasteiger partial charge in [-0.3, -0.25) is 4.55 Å². The summed E-state index contributed by atoms with van der Waals surface area (Å²) in [7, 11) is -4.25. The SMILES string of the molecule is CSOOc1cc(S(=O)(=O)O)ccc1C(C)(C)C. The van der Waals surface area contributed by atoms with Crippen LogP contribution in [0.1, 0.15) is 26.3 Å². The zero-order valence-corrected chi connectivity index (χ0v) is 12.3. The van der Waals surface area contributed by atoms with Crippen LogP contribution in [0.2, 0.25) is 0 Å². The fourth-order valence-electron chi connectivity index (χ4n) is 1.42. The predicted octanol–water partition coefficient (Wildman–Crippen LogP) is 2.82. The Labute approximate surface area is 111 Å². The molecule has 1 aromatic carbocycles. The van der Waals surface area contributed by atoms with Crippen LogP contribution in [0.4, 0.5) is 0 Å². The monoisotopic (exact) mass is 292 g/mol. The Morgan fingerprint density at radius 1 is 1.28 bits per heavy atom. The average molecular weight is 292 g/mol. The highest BCUT2D eigenvalue weighted by atomic mass is 32.2. The molecule has 0 heterocycles. The molecule has 0 aliphatic rings. The fourth-order valence-corrected chi connectivity index (χ4v) is 2.06.